The number of hydrogen-bond donors (Lipinski definition) is 1. The zero-order chi connectivity index (χ0) is 23.0. The summed E-state index contributed by atoms with van der Waals surface area (Å²) in [5, 5.41) is 10.9. The smallest absolute Gasteiger partial charge is 0.350 e. The molecule has 1 aliphatic rings. The van der Waals surface area contributed by atoms with Gasteiger partial charge in [-0.15, -0.1) is 0 Å². The number of Topliss-reactive ketones (excluding diaryl/α,β-unsaturated/α-hetero) is 1. The number of aliphatic hydroxyl groups excluding tert-OH is 1. The average Bonchev–Trinajstić information content (AvgIpc) is 3.48. The van der Waals surface area contributed by atoms with Crippen molar-refractivity contribution < 1.29 is 28.6 Å². The van der Waals surface area contributed by atoms with Crippen molar-refractivity contribution in [3.8, 4) is 0 Å². The van der Waals surface area contributed by atoms with Crippen LogP contribution < -0.4 is 4.90 Å². The van der Waals surface area contributed by atoms with Crippen LogP contribution in [0.4, 0.5) is 5.13 Å². The number of ether oxygens (including phenoxy) is 1. The summed E-state index contributed by atoms with van der Waals surface area (Å²) in [5.41, 5.74) is 1.88. The lowest BCUT2D eigenvalue weighted by Crippen LogP contribution is -2.31. The Balaban J connectivity index is 1.84. The third-order valence-corrected chi connectivity index (χ3v) is 6.18. The molecule has 2 aromatic heterocycles. The number of carbonyl (C=O) groups excluding carboxylic acids is 3. The molecule has 0 saturated carbocycles. The first-order chi connectivity index (χ1) is 15.3. The molecule has 0 spiro atoms. The number of carbonyl (C=O) groups is 3. The third-order valence-electron chi connectivity index (χ3n) is 5.04. The molecule has 0 unspecified atom stereocenters. The Labute approximate surface area is 187 Å². The number of aryl methyl sites for hydroxylation is 2. The van der Waals surface area contributed by atoms with E-state index in [1.54, 1.807) is 32.0 Å². The molecule has 1 aliphatic heterocycles. The van der Waals surface area contributed by atoms with Gasteiger partial charge in [0.2, 0.25) is 5.78 Å². The molecule has 1 amide bonds. The van der Waals surface area contributed by atoms with E-state index in [1.165, 1.54) is 17.2 Å². The van der Waals surface area contributed by atoms with Crippen molar-refractivity contribution >= 4 is 34.1 Å². The number of rotatable bonds is 6. The van der Waals surface area contributed by atoms with E-state index in [0.717, 1.165) is 16.9 Å². The first kappa shape index (κ1) is 21.5. The minimum atomic E-state index is -0.943. The van der Waals surface area contributed by atoms with E-state index < -0.39 is 29.5 Å². The lowest BCUT2D eigenvalue weighted by molar-refractivity contribution is -0.117. The van der Waals surface area contributed by atoms with Gasteiger partial charge in [0.25, 0.3) is 5.91 Å². The summed E-state index contributed by atoms with van der Waals surface area (Å²) < 4.78 is 10.3. The number of furan rings is 1. The highest BCUT2D eigenvalue weighted by Crippen LogP contribution is 2.43. The topological polar surface area (TPSA) is 110 Å². The maximum absolute atomic E-state index is 13.2. The molecule has 1 N–H and O–H groups in total. The fourth-order valence-corrected chi connectivity index (χ4v) is 4.50. The highest BCUT2D eigenvalue weighted by Gasteiger charge is 2.46. The second kappa shape index (κ2) is 8.43. The zero-order valence-electron chi connectivity index (χ0n) is 17.6. The van der Waals surface area contributed by atoms with Crippen LogP contribution in [0.15, 0.2) is 58.4 Å². The molecular weight excluding hydrogens is 432 g/mol. The number of nitrogens with zero attached hydrogens (tertiary/aromatic N) is 2. The molecule has 32 heavy (non-hydrogen) atoms. The van der Waals surface area contributed by atoms with Crippen molar-refractivity contribution in [2.24, 2.45) is 0 Å². The number of thiazole rings is 1. The van der Waals surface area contributed by atoms with E-state index in [2.05, 4.69) is 4.98 Å². The lowest BCUT2D eigenvalue weighted by Gasteiger charge is -2.24. The van der Waals surface area contributed by atoms with Gasteiger partial charge in [-0.3, -0.25) is 14.5 Å². The Morgan fingerprint density at radius 3 is 2.56 bits per heavy atom. The van der Waals surface area contributed by atoms with Crippen LogP contribution in [-0.2, 0) is 9.53 Å². The number of aromatic nitrogens is 1. The number of ketones is 1. The van der Waals surface area contributed by atoms with Crippen LogP contribution in [0.5, 0.6) is 0 Å². The fraction of sp³-hybridized carbons (Fsp3) is 0.217. The second-order valence-electron chi connectivity index (χ2n) is 7.19. The van der Waals surface area contributed by atoms with Gasteiger partial charge in [-0.05, 0) is 38.5 Å². The Morgan fingerprint density at radius 1 is 1.22 bits per heavy atom. The van der Waals surface area contributed by atoms with E-state index >= 15 is 0 Å². The van der Waals surface area contributed by atoms with Crippen LogP contribution >= 0.6 is 11.3 Å². The Kier molecular flexibility index (Phi) is 5.67. The highest BCUT2D eigenvalue weighted by atomic mass is 32.1. The monoisotopic (exact) mass is 452 g/mol. The minimum absolute atomic E-state index is 0.000781. The Bertz CT molecular complexity index is 1220. The van der Waals surface area contributed by atoms with Gasteiger partial charge < -0.3 is 14.3 Å². The number of esters is 1. The maximum atomic E-state index is 13.2. The summed E-state index contributed by atoms with van der Waals surface area (Å²) in [6.45, 7) is 5.45. The minimum Gasteiger partial charge on any atom is -0.503 e. The van der Waals surface area contributed by atoms with Crippen LogP contribution in [0, 0.1) is 13.8 Å². The van der Waals surface area contributed by atoms with Crippen LogP contribution in [0.1, 0.15) is 50.0 Å². The standard InChI is InChI=1S/C23H20N2O6S/c1-4-30-22(29)20-13(3)24-23(32-20)25-17(14-9-7-12(2)8-10-14)16(19(27)21(25)28)18(26)15-6-5-11-31-15/h5-11,17,27H,4H2,1-3H3/t17-/m0/s1. The Hall–Kier alpha value is -3.72. The van der Waals surface area contributed by atoms with Crippen LogP contribution in [-0.4, -0.2) is 34.4 Å². The van der Waals surface area contributed by atoms with Gasteiger partial charge in [-0.1, -0.05) is 41.2 Å². The fourth-order valence-electron chi connectivity index (χ4n) is 3.51. The van der Waals surface area contributed by atoms with E-state index in [1.807, 2.05) is 19.1 Å². The predicted molar refractivity (Wildman–Crippen MR) is 117 cm³/mol. The van der Waals surface area contributed by atoms with Crippen molar-refractivity contribution in [2.45, 2.75) is 26.8 Å². The summed E-state index contributed by atoms with van der Waals surface area (Å²) in [7, 11) is 0. The molecule has 1 atom stereocenters. The van der Waals surface area contributed by atoms with E-state index in [9.17, 15) is 19.5 Å². The molecule has 0 aliphatic carbocycles. The summed E-state index contributed by atoms with van der Waals surface area (Å²) in [6, 6.07) is 9.33. The van der Waals surface area contributed by atoms with Gasteiger partial charge in [-0.2, -0.15) is 0 Å². The highest BCUT2D eigenvalue weighted by molar-refractivity contribution is 7.17. The molecule has 0 fully saturated rings. The second-order valence-corrected chi connectivity index (χ2v) is 8.17. The van der Waals surface area contributed by atoms with Gasteiger partial charge >= 0.3 is 5.97 Å². The molecule has 1 aromatic carbocycles. The normalized spacial score (nSPS) is 16.0. The van der Waals surface area contributed by atoms with E-state index in [-0.39, 0.29) is 27.9 Å². The predicted octanol–water partition coefficient (Wildman–Crippen LogP) is 4.31. The molecule has 9 heteroatoms. The van der Waals surface area contributed by atoms with Gasteiger partial charge in [-0.25, -0.2) is 9.78 Å². The molecule has 0 radical (unpaired) electrons. The van der Waals surface area contributed by atoms with E-state index in [4.69, 9.17) is 9.15 Å². The molecule has 0 bridgehead atoms. The molecule has 8 nitrogen and oxygen atoms in total. The van der Waals surface area contributed by atoms with Crippen molar-refractivity contribution in [3.63, 3.8) is 0 Å². The van der Waals surface area contributed by atoms with Crippen LogP contribution in [0.3, 0.4) is 0 Å². The molecule has 3 aromatic rings. The van der Waals surface area contributed by atoms with Crippen molar-refractivity contribution in [1.29, 1.82) is 0 Å². The van der Waals surface area contributed by atoms with Gasteiger partial charge in [0.1, 0.15) is 4.88 Å². The molecule has 164 valence electrons. The Morgan fingerprint density at radius 2 is 1.94 bits per heavy atom. The van der Waals surface area contributed by atoms with Crippen molar-refractivity contribution in [1.82, 2.24) is 4.98 Å². The number of anilines is 1. The molecule has 3 heterocycles. The van der Waals surface area contributed by atoms with Gasteiger partial charge in [0.15, 0.2) is 16.7 Å². The molecular formula is C23H20N2O6S. The molecule has 0 saturated heterocycles. The van der Waals surface area contributed by atoms with Gasteiger partial charge in [0.05, 0.1) is 30.2 Å². The third kappa shape index (κ3) is 3.60. The summed E-state index contributed by atoms with van der Waals surface area (Å²) in [6.07, 6.45) is 1.34. The first-order valence-corrected chi connectivity index (χ1v) is 10.7. The summed E-state index contributed by atoms with van der Waals surface area (Å²) in [5.74, 6) is -2.61. The van der Waals surface area contributed by atoms with E-state index in [0.29, 0.717) is 11.3 Å². The number of aliphatic hydroxyl groups is 1. The summed E-state index contributed by atoms with van der Waals surface area (Å²) in [4.78, 5) is 44.5. The average molecular weight is 452 g/mol. The van der Waals surface area contributed by atoms with Crippen LogP contribution in [0.25, 0.3) is 0 Å². The van der Waals surface area contributed by atoms with Crippen molar-refractivity contribution in [3.05, 3.63) is 81.5 Å². The number of amides is 1. The summed E-state index contributed by atoms with van der Waals surface area (Å²) >= 11 is 0.970. The first-order valence-electron chi connectivity index (χ1n) is 9.89. The molecule has 4 rings (SSSR count). The SMILES string of the molecule is CCOC(=O)c1sc(N2C(=O)C(O)=C(C(=O)c3ccco3)[C@@H]2c2ccc(C)cc2)nc1C. The van der Waals surface area contributed by atoms with Crippen LogP contribution in [0.2, 0.25) is 0 Å². The quantitative estimate of drug-likeness (QED) is 0.438. The van der Waals surface area contributed by atoms with Crippen molar-refractivity contribution in [2.75, 3.05) is 11.5 Å². The van der Waals surface area contributed by atoms with Gasteiger partial charge in [0, 0.05) is 0 Å². The maximum Gasteiger partial charge on any atom is 0.350 e. The zero-order valence-corrected chi connectivity index (χ0v) is 18.4. The number of benzene rings is 1. The largest absolute Gasteiger partial charge is 0.503 e. The number of hydrogen-bond acceptors (Lipinski definition) is 8. The lowest BCUT2D eigenvalue weighted by atomic mass is 9.94.